The largest absolute Gasteiger partial charge is 0.508 e. The molecule has 0 radical (unpaired) electrons. The summed E-state index contributed by atoms with van der Waals surface area (Å²) in [5, 5.41) is 10.8. The van der Waals surface area contributed by atoms with Gasteiger partial charge < -0.3 is 5.11 Å². The number of phenolic OH excluding ortho intramolecular Hbond substituents is 1. The molecule has 0 aliphatic heterocycles. The van der Waals surface area contributed by atoms with E-state index >= 15 is 0 Å². The predicted molar refractivity (Wildman–Crippen MR) is 63.5 cm³/mol. The number of hydrogen-bond donors (Lipinski definition) is 1. The molecular formula is C10H9BrClNO. The van der Waals surface area contributed by atoms with Gasteiger partial charge in [-0.25, -0.2) is 0 Å². The molecule has 2 rings (SSSR count). The Morgan fingerprint density at radius 2 is 2.00 bits per heavy atom. The first-order valence-electron chi connectivity index (χ1n) is 3.93. The van der Waals surface area contributed by atoms with Gasteiger partial charge in [0, 0.05) is 17.1 Å². The maximum Gasteiger partial charge on any atom is 0.117 e. The summed E-state index contributed by atoms with van der Waals surface area (Å²) in [6.07, 6.45) is 0. The SMILES string of the molecule is Br.Cc1cc(Cl)c2ccc(O)cc2n1. The number of aromatic hydroxyl groups is 1. The number of phenols is 1. The van der Waals surface area contributed by atoms with Crippen LogP contribution in [0.1, 0.15) is 5.69 Å². The number of hydrogen-bond acceptors (Lipinski definition) is 2. The van der Waals surface area contributed by atoms with E-state index < -0.39 is 0 Å². The number of halogens is 2. The lowest BCUT2D eigenvalue weighted by Gasteiger charge is -2.01. The van der Waals surface area contributed by atoms with Gasteiger partial charge in [-0.05, 0) is 25.1 Å². The molecule has 0 saturated carbocycles. The smallest absolute Gasteiger partial charge is 0.117 e. The fourth-order valence-electron chi connectivity index (χ4n) is 1.30. The van der Waals surface area contributed by atoms with Crippen LogP contribution in [-0.4, -0.2) is 10.1 Å². The molecule has 0 fully saturated rings. The summed E-state index contributed by atoms with van der Waals surface area (Å²) in [6, 6.07) is 6.78. The average molecular weight is 275 g/mol. The van der Waals surface area contributed by atoms with Crippen molar-refractivity contribution in [2.75, 3.05) is 0 Å². The number of rotatable bonds is 0. The molecule has 1 aromatic heterocycles. The van der Waals surface area contributed by atoms with Crippen molar-refractivity contribution in [1.29, 1.82) is 0 Å². The van der Waals surface area contributed by atoms with Crippen molar-refractivity contribution in [1.82, 2.24) is 4.98 Å². The van der Waals surface area contributed by atoms with Crippen molar-refractivity contribution < 1.29 is 5.11 Å². The lowest BCUT2D eigenvalue weighted by molar-refractivity contribution is 0.476. The van der Waals surface area contributed by atoms with Gasteiger partial charge in [0.1, 0.15) is 5.75 Å². The van der Waals surface area contributed by atoms with Gasteiger partial charge in [-0.1, -0.05) is 11.6 Å². The lowest BCUT2D eigenvalue weighted by atomic mass is 10.2. The molecule has 14 heavy (non-hydrogen) atoms. The van der Waals surface area contributed by atoms with Crippen LogP contribution in [0, 0.1) is 6.92 Å². The van der Waals surface area contributed by atoms with Crippen LogP contribution in [0.25, 0.3) is 10.9 Å². The molecule has 1 N–H and O–H groups in total. The first-order valence-corrected chi connectivity index (χ1v) is 4.30. The molecular weight excluding hydrogens is 265 g/mol. The van der Waals surface area contributed by atoms with Crippen LogP contribution in [0.2, 0.25) is 5.02 Å². The van der Waals surface area contributed by atoms with Gasteiger partial charge >= 0.3 is 0 Å². The molecule has 2 nitrogen and oxygen atoms in total. The van der Waals surface area contributed by atoms with Gasteiger partial charge in [0.25, 0.3) is 0 Å². The normalized spacial score (nSPS) is 9.86. The number of aryl methyl sites for hydroxylation is 1. The minimum absolute atomic E-state index is 0. The first kappa shape index (κ1) is 11.3. The van der Waals surface area contributed by atoms with E-state index in [1.54, 1.807) is 24.3 Å². The van der Waals surface area contributed by atoms with Gasteiger partial charge in [0.15, 0.2) is 0 Å². The zero-order chi connectivity index (χ0) is 9.42. The van der Waals surface area contributed by atoms with Crippen LogP contribution in [0.15, 0.2) is 24.3 Å². The quantitative estimate of drug-likeness (QED) is 0.798. The van der Waals surface area contributed by atoms with Crippen LogP contribution < -0.4 is 0 Å². The molecule has 1 aromatic carbocycles. The monoisotopic (exact) mass is 273 g/mol. The van der Waals surface area contributed by atoms with Crippen LogP contribution in [-0.2, 0) is 0 Å². The molecule has 0 aliphatic rings. The topological polar surface area (TPSA) is 33.1 Å². The Hall–Kier alpha value is -0.800. The zero-order valence-electron chi connectivity index (χ0n) is 7.49. The lowest BCUT2D eigenvalue weighted by Crippen LogP contribution is -1.83. The Kier molecular flexibility index (Phi) is 3.34. The number of aromatic nitrogens is 1. The fourth-order valence-corrected chi connectivity index (χ4v) is 1.62. The third-order valence-electron chi connectivity index (χ3n) is 1.87. The molecule has 1 heterocycles. The number of pyridine rings is 1. The molecule has 0 aliphatic carbocycles. The molecule has 74 valence electrons. The Labute approximate surface area is 97.3 Å². The van der Waals surface area contributed by atoms with Crippen molar-refractivity contribution in [2.45, 2.75) is 6.92 Å². The summed E-state index contributed by atoms with van der Waals surface area (Å²) in [7, 11) is 0. The Morgan fingerprint density at radius 1 is 1.29 bits per heavy atom. The second-order valence-corrected chi connectivity index (χ2v) is 3.35. The summed E-state index contributed by atoms with van der Waals surface area (Å²) in [5.41, 5.74) is 1.58. The van der Waals surface area contributed by atoms with Crippen LogP contribution in [0.3, 0.4) is 0 Å². The van der Waals surface area contributed by atoms with E-state index in [-0.39, 0.29) is 22.7 Å². The van der Waals surface area contributed by atoms with E-state index in [2.05, 4.69) is 4.98 Å². The third-order valence-corrected chi connectivity index (χ3v) is 2.18. The van der Waals surface area contributed by atoms with Crippen molar-refractivity contribution in [3.05, 3.63) is 35.0 Å². The summed E-state index contributed by atoms with van der Waals surface area (Å²) in [5.74, 6) is 0.210. The van der Waals surface area contributed by atoms with Crippen molar-refractivity contribution in [2.24, 2.45) is 0 Å². The highest BCUT2D eigenvalue weighted by molar-refractivity contribution is 8.93. The average Bonchev–Trinajstić information content (AvgIpc) is 2.02. The second-order valence-electron chi connectivity index (χ2n) is 2.95. The Bertz CT molecular complexity index is 468. The van der Waals surface area contributed by atoms with Crippen LogP contribution >= 0.6 is 28.6 Å². The van der Waals surface area contributed by atoms with Crippen molar-refractivity contribution in [3.8, 4) is 5.75 Å². The molecule has 0 atom stereocenters. The van der Waals surface area contributed by atoms with E-state index in [0.717, 1.165) is 16.6 Å². The number of benzene rings is 1. The molecule has 0 unspecified atom stereocenters. The molecule has 0 saturated heterocycles. The molecule has 0 bridgehead atoms. The van der Waals surface area contributed by atoms with Crippen molar-refractivity contribution in [3.63, 3.8) is 0 Å². The van der Waals surface area contributed by atoms with Crippen LogP contribution in [0.5, 0.6) is 5.75 Å². The zero-order valence-corrected chi connectivity index (χ0v) is 9.96. The number of nitrogens with zero attached hydrogens (tertiary/aromatic N) is 1. The summed E-state index contributed by atoms with van der Waals surface area (Å²) in [6.45, 7) is 1.87. The van der Waals surface area contributed by atoms with E-state index in [9.17, 15) is 5.11 Å². The molecule has 2 aromatic rings. The van der Waals surface area contributed by atoms with Gasteiger partial charge in [0.2, 0.25) is 0 Å². The van der Waals surface area contributed by atoms with Crippen LogP contribution in [0.4, 0.5) is 0 Å². The Morgan fingerprint density at radius 3 is 2.71 bits per heavy atom. The maximum absolute atomic E-state index is 9.23. The minimum Gasteiger partial charge on any atom is -0.508 e. The highest BCUT2D eigenvalue weighted by atomic mass is 79.9. The summed E-state index contributed by atoms with van der Waals surface area (Å²) in [4.78, 5) is 4.25. The second kappa shape index (κ2) is 4.15. The maximum atomic E-state index is 9.23. The highest BCUT2D eigenvalue weighted by Gasteiger charge is 2.01. The first-order chi connectivity index (χ1) is 6.16. The summed E-state index contributed by atoms with van der Waals surface area (Å²) >= 11 is 5.99. The summed E-state index contributed by atoms with van der Waals surface area (Å²) < 4.78 is 0. The van der Waals surface area contributed by atoms with Gasteiger partial charge in [-0.15, -0.1) is 17.0 Å². The fraction of sp³-hybridized carbons (Fsp3) is 0.100. The third kappa shape index (κ3) is 1.99. The van der Waals surface area contributed by atoms with Gasteiger partial charge in [-0.3, -0.25) is 4.98 Å². The van der Waals surface area contributed by atoms with E-state index in [4.69, 9.17) is 11.6 Å². The highest BCUT2D eigenvalue weighted by Crippen LogP contribution is 2.25. The predicted octanol–water partition coefficient (Wildman–Crippen LogP) is 3.48. The van der Waals surface area contributed by atoms with Gasteiger partial charge in [-0.2, -0.15) is 0 Å². The van der Waals surface area contributed by atoms with E-state index in [0.29, 0.717) is 5.02 Å². The standard InChI is InChI=1S/C10H8ClNO.BrH/c1-6-4-9(11)8-3-2-7(13)5-10(8)12-6;/h2-5,13H,1H3;1H. The Balaban J connectivity index is 0.000000980. The van der Waals surface area contributed by atoms with Gasteiger partial charge in [0.05, 0.1) is 10.5 Å². The van der Waals surface area contributed by atoms with Crippen molar-refractivity contribution >= 4 is 39.5 Å². The van der Waals surface area contributed by atoms with E-state index in [1.165, 1.54) is 0 Å². The molecule has 4 heteroatoms. The molecule has 0 spiro atoms. The minimum atomic E-state index is 0. The van der Waals surface area contributed by atoms with E-state index in [1.807, 2.05) is 6.92 Å². The molecule has 0 amide bonds. The number of fused-ring (bicyclic) bond motifs is 1.